The lowest BCUT2D eigenvalue weighted by Gasteiger charge is -2.13. The number of carboxylic acid groups (broad SMARTS) is 1. The molecule has 0 saturated heterocycles. The number of aromatic nitrogens is 1. The summed E-state index contributed by atoms with van der Waals surface area (Å²) in [6.07, 6.45) is 0.0373. The van der Waals surface area contributed by atoms with Gasteiger partial charge in [-0.2, -0.15) is 4.99 Å². The van der Waals surface area contributed by atoms with Crippen molar-refractivity contribution in [3.05, 3.63) is 64.0 Å². The molecular formula is C18H12F4N2O3S. The summed E-state index contributed by atoms with van der Waals surface area (Å²) < 4.78 is 56.2. The third-order valence-electron chi connectivity index (χ3n) is 4.03. The van der Waals surface area contributed by atoms with Gasteiger partial charge in [0.2, 0.25) is 0 Å². The van der Waals surface area contributed by atoms with Gasteiger partial charge in [0.25, 0.3) is 5.91 Å². The van der Waals surface area contributed by atoms with Crippen molar-refractivity contribution in [1.82, 2.24) is 4.57 Å². The van der Waals surface area contributed by atoms with Crippen molar-refractivity contribution in [2.45, 2.75) is 19.4 Å². The number of fused-ring (bicyclic) bond motifs is 1. The molecule has 1 aromatic heterocycles. The SMILES string of the molecule is CCC(C(=O)O)n1/c(=N/C(=O)c2c(F)cccc2F)sc2cc(F)c(F)cc21. The van der Waals surface area contributed by atoms with Crippen LogP contribution in [0.2, 0.25) is 0 Å². The van der Waals surface area contributed by atoms with E-state index in [1.807, 2.05) is 0 Å². The normalized spacial score (nSPS) is 13.1. The lowest BCUT2D eigenvalue weighted by molar-refractivity contribution is -0.140. The Morgan fingerprint density at radius 3 is 2.29 bits per heavy atom. The van der Waals surface area contributed by atoms with Crippen LogP contribution in [0.4, 0.5) is 17.6 Å². The minimum atomic E-state index is -1.29. The van der Waals surface area contributed by atoms with E-state index in [9.17, 15) is 32.3 Å². The molecule has 0 fully saturated rings. The van der Waals surface area contributed by atoms with Crippen molar-refractivity contribution in [3.63, 3.8) is 0 Å². The largest absolute Gasteiger partial charge is 0.480 e. The maximum atomic E-state index is 13.8. The van der Waals surface area contributed by atoms with Gasteiger partial charge in [0.1, 0.15) is 23.2 Å². The topological polar surface area (TPSA) is 71.7 Å². The second kappa shape index (κ2) is 7.55. The van der Waals surface area contributed by atoms with Crippen molar-refractivity contribution in [3.8, 4) is 0 Å². The number of hydrogen-bond acceptors (Lipinski definition) is 3. The molecule has 28 heavy (non-hydrogen) atoms. The summed E-state index contributed by atoms with van der Waals surface area (Å²) in [5.74, 6) is -7.22. The number of carbonyl (C=O) groups excluding carboxylic acids is 1. The molecule has 0 saturated carbocycles. The molecule has 1 N–H and O–H groups in total. The van der Waals surface area contributed by atoms with E-state index < -0.39 is 46.8 Å². The van der Waals surface area contributed by atoms with E-state index in [1.165, 1.54) is 6.92 Å². The highest BCUT2D eigenvalue weighted by atomic mass is 32.1. The van der Waals surface area contributed by atoms with Crippen molar-refractivity contribution in [2.75, 3.05) is 0 Å². The number of carbonyl (C=O) groups is 2. The molecule has 0 aliphatic heterocycles. The molecule has 0 aliphatic rings. The van der Waals surface area contributed by atoms with E-state index in [1.54, 1.807) is 0 Å². The van der Waals surface area contributed by atoms with Gasteiger partial charge in [-0.15, -0.1) is 0 Å². The number of carboxylic acids is 1. The lowest BCUT2D eigenvalue weighted by Crippen LogP contribution is -2.27. The molecule has 1 unspecified atom stereocenters. The Kier molecular flexibility index (Phi) is 5.32. The van der Waals surface area contributed by atoms with E-state index in [-0.39, 0.29) is 21.4 Å². The zero-order chi connectivity index (χ0) is 20.6. The predicted octanol–water partition coefficient (Wildman–Crippen LogP) is 4.04. The molecular weight excluding hydrogens is 400 g/mol. The van der Waals surface area contributed by atoms with Crippen LogP contribution in [0, 0.1) is 23.3 Å². The fourth-order valence-corrected chi connectivity index (χ4v) is 3.80. The van der Waals surface area contributed by atoms with E-state index in [4.69, 9.17) is 0 Å². The Bertz CT molecular complexity index is 1150. The molecule has 10 heteroatoms. The molecule has 3 aromatic rings. The summed E-state index contributed by atoms with van der Waals surface area (Å²) in [5.41, 5.74) is -0.911. The molecule has 0 aliphatic carbocycles. The number of halogens is 4. The summed E-state index contributed by atoms with van der Waals surface area (Å²) >= 11 is 0.703. The molecule has 1 heterocycles. The first-order chi connectivity index (χ1) is 13.2. The monoisotopic (exact) mass is 412 g/mol. The molecule has 1 atom stereocenters. The number of amides is 1. The lowest BCUT2D eigenvalue weighted by atomic mass is 10.2. The molecule has 0 spiro atoms. The first kappa shape index (κ1) is 19.7. The van der Waals surface area contributed by atoms with Gasteiger partial charge in [0.05, 0.1) is 10.2 Å². The average Bonchev–Trinajstić information content (AvgIpc) is 2.92. The van der Waals surface area contributed by atoms with Gasteiger partial charge in [0, 0.05) is 6.07 Å². The highest BCUT2D eigenvalue weighted by Gasteiger charge is 2.24. The molecule has 5 nitrogen and oxygen atoms in total. The summed E-state index contributed by atoms with van der Waals surface area (Å²) in [7, 11) is 0. The Morgan fingerprint density at radius 1 is 1.11 bits per heavy atom. The fraction of sp³-hybridized carbons (Fsp3) is 0.167. The number of benzene rings is 2. The summed E-state index contributed by atoms with van der Waals surface area (Å²) in [5, 5.41) is 9.46. The summed E-state index contributed by atoms with van der Waals surface area (Å²) in [4.78, 5) is 27.4. The molecule has 1 amide bonds. The molecule has 3 rings (SSSR count). The Morgan fingerprint density at radius 2 is 1.71 bits per heavy atom. The highest BCUT2D eigenvalue weighted by molar-refractivity contribution is 7.16. The van der Waals surface area contributed by atoms with E-state index in [0.717, 1.165) is 34.9 Å². The molecule has 2 aromatic carbocycles. The van der Waals surface area contributed by atoms with Crippen LogP contribution in [0.15, 0.2) is 35.3 Å². The van der Waals surface area contributed by atoms with Crippen LogP contribution < -0.4 is 4.80 Å². The van der Waals surface area contributed by atoms with Crippen molar-refractivity contribution >= 4 is 33.4 Å². The number of aliphatic carboxylic acids is 1. The van der Waals surface area contributed by atoms with Crippen LogP contribution in [0.25, 0.3) is 10.2 Å². The number of thiazole rings is 1. The average molecular weight is 412 g/mol. The van der Waals surface area contributed by atoms with Gasteiger partial charge < -0.3 is 9.67 Å². The summed E-state index contributed by atoms with van der Waals surface area (Å²) in [6, 6.07) is 3.21. The molecule has 0 radical (unpaired) electrons. The first-order valence-electron chi connectivity index (χ1n) is 8.00. The van der Waals surface area contributed by atoms with Crippen LogP contribution in [0.5, 0.6) is 0 Å². The second-order valence-corrected chi connectivity index (χ2v) is 6.77. The van der Waals surface area contributed by atoms with Gasteiger partial charge in [-0.3, -0.25) is 4.79 Å². The maximum Gasteiger partial charge on any atom is 0.326 e. The highest BCUT2D eigenvalue weighted by Crippen LogP contribution is 2.25. The third kappa shape index (κ3) is 3.42. The van der Waals surface area contributed by atoms with Crippen LogP contribution >= 0.6 is 11.3 Å². The van der Waals surface area contributed by atoms with Gasteiger partial charge in [-0.25, -0.2) is 22.4 Å². The number of nitrogens with zero attached hydrogens (tertiary/aromatic N) is 2. The quantitative estimate of drug-likeness (QED) is 0.658. The standard InChI is InChI=1S/C18H12F4N2O3S/c1-2-12(17(26)27)24-13-6-10(21)11(22)7-14(13)28-18(24)23-16(25)15-8(19)4-3-5-9(15)20/h3-7,12H,2H2,1H3,(H,26,27)/b23-18-. The van der Waals surface area contributed by atoms with E-state index >= 15 is 0 Å². The van der Waals surface area contributed by atoms with Gasteiger partial charge in [-0.05, 0) is 24.6 Å². The number of hydrogen-bond donors (Lipinski definition) is 1. The second-order valence-electron chi connectivity index (χ2n) is 5.76. The van der Waals surface area contributed by atoms with E-state index in [2.05, 4.69) is 4.99 Å². The van der Waals surface area contributed by atoms with Crippen molar-refractivity contribution < 1.29 is 32.3 Å². The minimum Gasteiger partial charge on any atom is -0.480 e. The Hall–Kier alpha value is -3.01. The number of rotatable bonds is 4. The van der Waals surface area contributed by atoms with Gasteiger partial charge >= 0.3 is 5.97 Å². The Labute approximate surface area is 159 Å². The van der Waals surface area contributed by atoms with Crippen LogP contribution in [0.1, 0.15) is 29.7 Å². The van der Waals surface area contributed by atoms with Gasteiger partial charge in [0.15, 0.2) is 16.4 Å². The van der Waals surface area contributed by atoms with Crippen LogP contribution in [-0.4, -0.2) is 21.6 Å². The minimum absolute atomic E-state index is 0.00120. The van der Waals surface area contributed by atoms with Crippen molar-refractivity contribution in [1.29, 1.82) is 0 Å². The fourth-order valence-electron chi connectivity index (χ4n) is 2.73. The zero-order valence-corrected chi connectivity index (χ0v) is 15.1. The van der Waals surface area contributed by atoms with Crippen LogP contribution in [0.3, 0.4) is 0 Å². The van der Waals surface area contributed by atoms with Crippen LogP contribution in [-0.2, 0) is 4.79 Å². The maximum absolute atomic E-state index is 13.8. The molecule has 146 valence electrons. The first-order valence-corrected chi connectivity index (χ1v) is 8.82. The smallest absolute Gasteiger partial charge is 0.326 e. The predicted molar refractivity (Wildman–Crippen MR) is 92.9 cm³/mol. The Balaban J connectivity index is 2.32. The van der Waals surface area contributed by atoms with Crippen molar-refractivity contribution in [2.24, 2.45) is 4.99 Å². The molecule has 0 bridgehead atoms. The van der Waals surface area contributed by atoms with E-state index in [0.29, 0.717) is 11.3 Å². The van der Waals surface area contributed by atoms with Gasteiger partial charge in [-0.1, -0.05) is 24.3 Å². The third-order valence-corrected chi connectivity index (χ3v) is 5.04. The summed E-state index contributed by atoms with van der Waals surface area (Å²) in [6.45, 7) is 1.54. The zero-order valence-electron chi connectivity index (χ0n) is 14.2.